The number of rotatable bonds is 7. The Kier molecular flexibility index (Phi) is 7.85. The molecule has 6 nitrogen and oxygen atoms in total. The van der Waals surface area contributed by atoms with Gasteiger partial charge in [-0.05, 0) is 42.5 Å². The second kappa shape index (κ2) is 11.3. The molecule has 1 aliphatic rings. The van der Waals surface area contributed by atoms with Gasteiger partial charge in [-0.15, -0.1) is 21.5 Å². The Morgan fingerprint density at radius 3 is 2.58 bits per heavy atom. The van der Waals surface area contributed by atoms with E-state index in [4.69, 9.17) is 0 Å². The van der Waals surface area contributed by atoms with Gasteiger partial charge in [-0.2, -0.15) is 13.2 Å². The van der Waals surface area contributed by atoms with Crippen LogP contribution in [0.5, 0.6) is 0 Å². The van der Waals surface area contributed by atoms with Gasteiger partial charge in [0.25, 0.3) is 5.91 Å². The van der Waals surface area contributed by atoms with E-state index in [-0.39, 0.29) is 5.91 Å². The van der Waals surface area contributed by atoms with E-state index < -0.39 is 11.7 Å². The van der Waals surface area contributed by atoms with Crippen molar-refractivity contribution in [2.45, 2.75) is 43.3 Å². The summed E-state index contributed by atoms with van der Waals surface area (Å²) in [4.78, 5) is 19.3. The van der Waals surface area contributed by atoms with Crippen molar-refractivity contribution in [3.8, 4) is 5.69 Å². The van der Waals surface area contributed by atoms with Crippen LogP contribution in [-0.4, -0.2) is 43.6 Å². The molecular formula is C27H26F3N5OS2. The predicted octanol–water partition coefficient (Wildman–Crippen LogP) is 6.50. The summed E-state index contributed by atoms with van der Waals surface area (Å²) in [6.07, 6.45) is -2.06. The molecule has 11 heteroatoms. The lowest BCUT2D eigenvalue weighted by molar-refractivity contribution is -0.137. The Bertz CT molecular complexity index is 1400. The van der Waals surface area contributed by atoms with Crippen molar-refractivity contribution in [3.05, 3.63) is 87.6 Å². The molecule has 2 aromatic heterocycles. The van der Waals surface area contributed by atoms with Crippen molar-refractivity contribution in [1.29, 1.82) is 0 Å². The van der Waals surface area contributed by atoms with Gasteiger partial charge in [-0.3, -0.25) is 9.36 Å². The van der Waals surface area contributed by atoms with E-state index in [1.165, 1.54) is 29.2 Å². The minimum Gasteiger partial charge on any atom is -0.337 e. The van der Waals surface area contributed by atoms with Gasteiger partial charge in [-0.1, -0.05) is 55.1 Å². The smallest absolute Gasteiger partial charge is 0.337 e. The zero-order valence-corrected chi connectivity index (χ0v) is 22.3. The monoisotopic (exact) mass is 557 g/mol. The molecule has 3 heterocycles. The Morgan fingerprint density at radius 1 is 1.08 bits per heavy atom. The third kappa shape index (κ3) is 6.10. The Morgan fingerprint density at radius 2 is 1.84 bits per heavy atom. The van der Waals surface area contributed by atoms with E-state index in [9.17, 15) is 18.0 Å². The maximum atomic E-state index is 13.5. The average molecular weight is 558 g/mol. The number of alkyl halides is 3. The third-order valence-corrected chi connectivity index (χ3v) is 8.48. The minimum atomic E-state index is -4.47. The van der Waals surface area contributed by atoms with Gasteiger partial charge in [0.2, 0.25) is 0 Å². The van der Waals surface area contributed by atoms with Gasteiger partial charge in [0.05, 0.1) is 17.0 Å². The van der Waals surface area contributed by atoms with Gasteiger partial charge >= 0.3 is 6.18 Å². The summed E-state index contributed by atoms with van der Waals surface area (Å²) in [7, 11) is 0. The minimum absolute atomic E-state index is 0.0540. The number of carbonyl (C=O) groups excluding carboxylic acids is 1. The third-order valence-electron chi connectivity index (χ3n) is 6.50. The van der Waals surface area contributed by atoms with Crippen molar-refractivity contribution in [1.82, 2.24) is 24.6 Å². The molecule has 0 atom stereocenters. The van der Waals surface area contributed by atoms with Crippen LogP contribution in [0.4, 0.5) is 13.2 Å². The van der Waals surface area contributed by atoms with Crippen molar-refractivity contribution in [2.75, 3.05) is 13.1 Å². The highest BCUT2D eigenvalue weighted by molar-refractivity contribution is 7.98. The van der Waals surface area contributed by atoms with E-state index in [2.05, 4.69) is 22.1 Å². The summed E-state index contributed by atoms with van der Waals surface area (Å²) in [5.41, 5.74) is 1.01. The van der Waals surface area contributed by atoms with Crippen molar-refractivity contribution >= 4 is 29.0 Å². The fourth-order valence-electron chi connectivity index (χ4n) is 4.34. The first-order valence-corrected chi connectivity index (χ1v) is 14.2. The second-order valence-electron chi connectivity index (χ2n) is 9.33. The topological polar surface area (TPSA) is 63.9 Å². The van der Waals surface area contributed by atoms with E-state index in [0.29, 0.717) is 40.5 Å². The highest BCUT2D eigenvalue weighted by Crippen LogP contribution is 2.33. The van der Waals surface area contributed by atoms with Crippen molar-refractivity contribution in [3.63, 3.8) is 0 Å². The summed E-state index contributed by atoms with van der Waals surface area (Å²) in [5, 5.41) is 11.6. The van der Waals surface area contributed by atoms with Crippen LogP contribution < -0.4 is 0 Å². The number of hydrogen-bond acceptors (Lipinski definition) is 6. The van der Waals surface area contributed by atoms with E-state index in [1.807, 2.05) is 35.2 Å². The number of amides is 1. The molecule has 1 saturated heterocycles. The highest BCUT2D eigenvalue weighted by Gasteiger charge is 2.31. The van der Waals surface area contributed by atoms with Crippen LogP contribution >= 0.6 is 23.1 Å². The lowest BCUT2D eigenvalue weighted by atomic mass is 9.99. The largest absolute Gasteiger partial charge is 0.416 e. The lowest BCUT2D eigenvalue weighted by Crippen LogP contribution is -2.38. The molecule has 198 valence electrons. The van der Waals surface area contributed by atoms with Crippen LogP contribution in [0.15, 0.2) is 65.1 Å². The number of halogens is 3. The fraction of sp³-hybridized carbons (Fsp3) is 0.333. The van der Waals surface area contributed by atoms with Crippen LogP contribution in [0, 0.1) is 5.92 Å². The number of aromatic nitrogens is 4. The number of benzene rings is 2. The standard InChI is InChI=1S/C27H26F3N5OS2/c1-18-10-12-34(13-11-18)25(36)22-16-37-24(31-22)17-38-26-33-32-23(14-19-6-3-2-4-7-19)35(26)21-9-5-8-20(15-21)27(28,29)30/h2-9,15-16,18H,10-14,17H2,1H3. The van der Waals surface area contributed by atoms with Gasteiger partial charge < -0.3 is 4.90 Å². The highest BCUT2D eigenvalue weighted by atomic mass is 32.2. The van der Waals surface area contributed by atoms with E-state index in [1.54, 1.807) is 16.0 Å². The Hall–Kier alpha value is -3.18. The molecule has 0 unspecified atom stereocenters. The molecule has 0 N–H and O–H groups in total. The average Bonchev–Trinajstić information content (AvgIpc) is 3.55. The van der Waals surface area contributed by atoms with Crippen molar-refractivity contribution < 1.29 is 18.0 Å². The van der Waals surface area contributed by atoms with E-state index >= 15 is 0 Å². The number of hydrogen-bond donors (Lipinski definition) is 0. The summed E-state index contributed by atoms with van der Waals surface area (Å²) >= 11 is 2.72. The molecule has 0 spiro atoms. The first kappa shape index (κ1) is 26.4. The second-order valence-corrected chi connectivity index (χ2v) is 11.2. The van der Waals surface area contributed by atoms with Gasteiger partial charge in [0, 0.05) is 24.9 Å². The first-order chi connectivity index (χ1) is 18.3. The number of piperidine rings is 1. The summed E-state index contributed by atoms with van der Waals surface area (Å²) in [6, 6.07) is 14.8. The lowest BCUT2D eigenvalue weighted by Gasteiger charge is -2.29. The molecule has 0 bridgehead atoms. The predicted molar refractivity (Wildman–Crippen MR) is 142 cm³/mol. The molecule has 4 aromatic rings. The molecule has 5 rings (SSSR count). The quantitative estimate of drug-likeness (QED) is 0.243. The molecule has 0 saturated carbocycles. The summed E-state index contributed by atoms with van der Waals surface area (Å²) < 4.78 is 42.1. The molecular weight excluding hydrogens is 531 g/mol. The summed E-state index contributed by atoms with van der Waals surface area (Å²) in [6.45, 7) is 3.68. The molecule has 0 aliphatic carbocycles. The maximum Gasteiger partial charge on any atom is 0.416 e. The first-order valence-electron chi connectivity index (χ1n) is 12.3. The zero-order valence-electron chi connectivity index (χ0n) is 20.7. The molecule has 0 radical (unpaired) electrons. The SMILES string of the molecule is CC1CCN(C(=O)c2csc(CSc3nnc(Cc4ccccc4)n3-c3cccc(C(F)(F)F)c3)n2)CC1. The zero-order chi connectivity index (χ0) is 26.7. The molecule has 1 amide bonds. The normalized spacial score (nSPS) is 14.7. The number of likely N-dealkylation sites (tertiary alicyclic amines) is 1. The van der Waals surface area contributed by atoms with Crippen LogP contribution in [0.2, 0.25) is 0 Å². The Labute approximate surface area is 226 Å². The molecule has 1 fully saturated rings. The van der Waals surface area contributed by atoms with Crippen LogP contribution in [0.25, 0.3) is 5.69 Å². The van der Waals surface area contributed by atoms with Crippen LogP contribution in [0.3, 0.4) is 0 Å². The number of nitrogens with zero attached hydrogens (tertiary/aromatic N) is 5. The maximum absolute atomic E-state index is 13.5. The van der Waals surface area contributed by atoms with Gasteiger partial charge in [0.15, 0.2) is 5.16 Å². The number of carbonyl (C=O) groups is 1. The van der Waals surface area contributed by atoms with Crippen LogP contribution in [0.1, 0.15) is 52.2 Å². The van der Waals surface area contributed by atoms with Crippen molar-refractivity contribution in [2.24, 2.45) is 5.92 Å². The number of thioether (sulfide) groups is 1. The Balaban J connectivity index is 1.38. The van der Waals surface area contributed by atoms with Gasteiger partial charge in [-0.25, -0.2) is 4.98 Å². The fourth-order valence-corrected chi connectivity index (χ4v) is 6.10. The summed E-state index contributed by atoms with van der Waals surface area (Å²) in [5.74, 6) is 1.52. The number of thiazole rings is 1. The van der Waals surface area contributed by atoms with Crippen LogP contribution in [-0.2, 0) is 18.3 Å². The van der Waals surface area contributed by atoms with E-state index in [0.717, 1.165) is 48.6 Å². The molecule has 2 aromatic carbocycles. The molecule has 38 heavy (non-hydrogen) atoms. The molecule has 1 aliphatic heterocycles. The van der Waals surface area contributed by atoms with Gasteiger partial charge in [0.1, 0.15) is 16.5 Å².